The van der Waals surface area contributed by atoms with Crippen molar-refractivity contribution in [2.75, 3.05) is 0 Å². The van der Waals surface area contributed by atoms with E-state index < -0.39 is 0 Å². The van der Waals surface area contributed by atoms with Crippen molar-refractivity contribution in [1.82, 2.24) is 24.8 Å². The van der Waals surface area contributed by atoms with E-state index in [2.05, 4.69) is 20.3 Å². The third-order valence-corrected chi connectivity index (χ3v) is 1.85. The van der Waals surface area contributed by atoms with Crippen LogP contribution in [-0.2, 0) is 0 Å². The molecule has 0 atom stereocenters. The summed E-state index contributed by atoms with van der Waals surface area (Å²) < 4.78 is 1.67. The smallest absolute Gasteiger partial charge is 0.183 e. The first-order chi connectivity index (χ1) is 6.45. The van der Waals surface area contributed by atoms with Gasteiger partial charge in [-0.05, 0) is 12.1 Å². The molecule has 62 valence electrons. The van der Waals surface area contributed by atoms with Crippen molar-refractivity contribution < 1.29 is 0 Å². The summed E-state index contributed by atoms with van der Waals surface area (Å²) in [7, 11) is 0. The largest absolute Gasteiger partial charge is 0.235 e. The second kappa shape index (κ2) is 2.22. The Bertz CT molecular complexity index is 571. The van der Waals surface area contributed by atoms with Crippen LogP contribution >= 0.6 is 0 Å². The number of fused-ring (bicyclic) bond motifs is 3. The van der Waals surface area contributed by atoms with Crippen molar-refractivity contribution in [2.45, 2.75) is 0 Å². The molecule has 3 aromatic rings. The van der Waals surface area contributed by atoms with E-state index in [0.29, 0.717) is 5.65 Å². The molecule has 3 rings (SSSR count). The van der Waals surface area contributed by atoms with Crippen molar-refractivity contribution in [1.29, 1.82) is 0 Å². The molecule has 0 aliphatic carbocycles. The van der Waals surface area contributed by atoms with Crippen LogP contribution in [0, 0.1) is 0 Å². The molecule has 3 aromatic heterocycles. The van der Waals surface area contributed by atoms with Crippen LogP contribution in [0.4, 0.5) is 0 Å². The highest BCUT2D eigenvalue weighted by molar-refractivity contribution is 5.71. The fraction of sp³-hybridized carbons (Fsp3) is 0. The Morgan fingerprint density at radius 1 is 1.08 bits per heavy atom. The number of hydrogen-bond donors (Lipinski definition) is 0. The number of hydrogen-bond acceptors (Lipinski definition) is 4. The van der Waals surface area contributed by atoms with Gasteiger partial charge in [-0.15, -0.1) is 10.2 Å². The van der Waals surface area contributed by atoms with E-state index in [-0.39, 0.29) is 0 Å². The third kappa shape index (κ3) is 0.807. The number of aromatic nitrogens is 5. The molecule has 0 saturated carbocycles. The molecule has 0 saturated heterocycles. The molecular weight excluding hydrogens is 166 g/mol. The molecule has 0 amide bonds. The van der Waals surface area contributed by atoms with Gasteiger partial charge in [0.05, 0.1) is 6.20 Å². The van der Waals surface area contributed by atoms with Crippen LogP contribution < -0.4 is 0 Å². The minimum atomic E-state index is 0.714. The van der Waals surface area contributed by atoms with Crippen LogP contribution in [0.25, 0.3) is 16.8 Å². The topological polar surface area (TPSA) is 56.0 Å². The second-order valence-corrected chi connectivity index (χ2v) is 2.65. The van der Waals surface area contributed by atoms with Gasteiger partial charge in [0.15, 0.2) is 11.3 Å². The van der Waals surface area contributed by atoms with E-state index in [4.69, 9.17) is 0 Å². The molecule has 0 aliphatic rings. The van der Waals surface area contributed by atoms with Gasteiger partial charge in [-0.3, -0.25) is 0 Å². The van der Waals surface area contributed by atoms with E-state index in [9.17, 15) is 0 Å². The zero-order chi connectivity index (χ0) is 8.67. The summed E-state index contributed by atoms with van der Waals surface area (Å²) in [4.78, 5) is 4.18. The molecule has 0 aromatic carbocycles. The molecule has 5 heteroatoms. The lowest BCUT2D eigenvalue weighted by molar-refractivity contribution is 0.925. The van der Waals surface area contributed by atoms with Crippen LogP contribution in [0.15, 0.2) is 30.6 Å². The van der Waals surface area contributed by atoms with Crippen molar-refractivity contribution in [3.8, 4) is 0 Å². The summed E-state index contributed by atoms with van der Waals surface area (Å²) >= 11 is 0. The van der Waals surface area contributed by atoms with Gasteiger partial charge in [0.2, 0.25) is 0 Å². The van der Waals surface area contributed by atoms with Crippen molar-refractivity contribution >= 4 is 16.8 Å². The summed E-state index contributed by atoms with van der Waals surface area (Å²) in [5.41, 5.74) is 2.20. The van der Waals surface area contributed by atoms with Gasteiger partial charge in [0, 0.05) is 12.3 Å². The van der Waals surface area contributed by atoms with Gasteiger partial charge in [0.25, 0.3) is 0 Å². The minimum Gasteiger partial charge on any atom is -0.235 e. The maximum absolute atomic E-state index is 4.18. The molecule has 0 N–H and O–H groups in total. The Morgan fingerprint density at radius 2 is 2.08 bits per heavy atom. The second-order valence-electron chi connectivity index (χ2n) is 2.65. The van der Waals surface area contributed by atoms with Crippen LogP contribution in [0.3, 0.4) is 0 Å². The van der Waals surface area contributed by atoms with Crippen LogP contribution in [0.1, 0.15) is 0 Å². The molecule has 0 spiro atoms. The average molecular weight is 171 g/mol. The predicted octanol–water partition coefficient (Wildman–Crippen LogP) is 0.672. The fourth-order valence-electron chi connectivity index (χ4n) is 1.27. The third-order valence-electron chi connectivity index (χ3n) is 1.85. The van der Waals surface area contributed by atoms with Gasteiger partial charge in [0.1, 0.15) is 5.52 Å². The Balaban J connectivity index is 2.65. The van der Waals surface area contributed by atoms with Crippen molar-refractivity contribution in [3.05, 3.63) is 30.6 Å². The van der Waals surface area contributed by atoms with Crippen LogP contribution in [0.5, 0.6) is 0 Å². The Labute approximate surface area is 73.0 Å². The van der Waals surface area contributed by atoms with E-state index in [0.717, 1.165) is 11.2 Å². The predicted molar refractivity (Wildman–Crippen MR) is 46.1 cm³/mol. The highest BCUT2D eigenvalue weighted by Crippen LogP contribution is 2.07. The first-order valence-corrected chi connectivity index (χ1v) is 3.86. The fourth-order valence-corrected chi connectivity index (χ4v) is 1.27. The van der Waals surface area contributed by atoms with Gasteiger partial charge in [-0.1, -0.05) is 0 Å². The van der Waals surface area contributed by atoms with E-state index >= 15 is 0 Å². The monoisotopic (exact) mass is 171 g/mol. The Kier molecular flexibility index (Phi) is 1.11. The van der Waals surface area contributed by atoms with Gasteiger partial charge < -0.3 is 0 Å². The van der Waals surface area contributed by atoms with E-state index in [1.807, 2.05) is 12.1 Å². The lowest BCUT2D eigenvalue weighted by atomic mass is 10.4. The molecule has 0 aliphatic heterocycles. The van der Waals surface area contributed by atoms with Gasteiger partial charge in [-0.2, -0.15) is 9.61 Å². The Hall–Kier alpha value is -2.04. The average Bonchev–Trinajstić information content (AvgIpc) is 2.65. The van der Waals surface area contributed by atoms with Gasteiger partial charge in [-0.25, -0.2) is 4.98 Å². The first kappa shape index (κ1) is 6.47. The normalized spacial score (nSPS) is 11.1. The summed E-state index contributed by atoms with van der Waals surface area (Å²) in [5.74, 6) is 0. The lowest BCUT2D eigenvalue weighted by Gasteiger charge is -1.96. The zero-order valence-electron chi connectivity index (χ0n) is 6.62. The van der Waals surface area contributed by atoms with E-state index in [1.54, 1.807) is 23.0 Å². The maximum atomic E-state index is 4.18. The molecule has 0 unspecified atom stereocenters. The number of pyridine rings is 1. The molecule has 0 bridgehead atoms. The summed E-state index contributed by atoms with van der Waals surface area (Å²) in [6, 6.07) is 5.48. The SMILES string of the molecule is c1cnc2c(c1)nnc1ccnn12. The minimum absolute atomic E-state index is 0.714. The van der Waals surface area contributed by atoms with E-state index in [1.165, 1.54) is 0 Å². The molecular formula is C8H5N5. The number of nitrogens with zero attached hydrogens (tertiary/aromatic N) is 5. The summed E-state index contributed by atoms with van der Waals surface area (Å²) in [5, 5.41) is 12.1. The quantitative estimate of drug-likeness (QED) is 0.499. The molecule has 0 radical (unpaired) electrons. The van der Waals surface area contributed by atoms with Crippen LogP contribution in [-0.4, -0.2) is 24.8 Å². The summed E-state index contributed by atoms with van der Waals surface area (Å²) in [6.45, 7) is 0. The molecule has 5 nitrogen and oxygen atoms in total. The van der Waals surface area contributed by atoms with Crippen molar-refractivity contribution in [3.63, 3.8) is 0 Å². The zero-order valence-corrected chi connectivity index (χ0v) is 6.62. The van der Waals surface area contributed by atoms with Gasteiger partial charge >= 0.3 is 0 Å². The molecule has 13 heavy (non-hydrogen) atoms. The standard InChI is InChI=1S/C8H5N5/c1-2-6-8(9-4-1)13-7(12-11-6)3-5-10-13/h1-5H. The van der Waals surface area contributed by atoms with Crippen LogP contribution in [0.2, 0.25) is 0 Å². The summed E-state index contributed by atoms with van der Waals surface area (Å²) in [6.07, 6.45) is 3.39. The number of rotatable bonds is 0. The first-order valence-electron chi connectivity index (χ1n) is 3.86. The molecule has 3 heterocycles. The van der Waals surface area contributed by atoms with Crippen molar-refractivity contribution in [2.24, 2.45) is 0 Å². The highest BCUT2D eigenvalue weighted by atomic mass is 15.3. The highest BCUT2D eigenvalue weighted by Gasteiger charge is 2.02. The molecule has 0 fully saturated rings. The Morgan fingerprint density at radius 3 is 3.08 bits per heavy atom. The lowest BCUT2D eigenvalue weighted by Crippen LogP contribution is -1.97. The maximum Gasteiger partial charge on any atom is 0.183 e.